The summed E-state index contributed by atoms with van der Waals surface area (Å²) in [6.45, 7) is -0.290. The van der Waals surface area contributed by atoms with Crippen molar-refractivity contribution in [2.75, 3.05) is 16.8 Å². The Kier molecular flexibility index (Phi) is 7.29. The zero-order valence-corrected chi connectivity index (χ0v) is 26.3. The van der Waals surface area contributed by atoms with Gasteiger partial charge in [-0.2, -0.15) is 13.2 Å². The van der Waals surface area contributed by atoms with Crippen molar-refractivity contribution in [1.82, 2.24) is 4.98 Å². The van der Waals surface area contributed by atoms with Crippen LogP contribution in [0.1, 0.15) is 28.3 Å². The number of hydrogen-bond acceptors (Lipinski definition) is 7. The Labute approximate surface area is 278 Å². The van der Waals surface area contributed by atoms with Gasteiger partial charge in [-0.05, 0) is 78.3 Å². The molecule has 7 atom stereocenters. The summed E-state index contributed by atoms with van der Waals surface area (Å²) in [6.07, 6.45) is -4.16. The smallest absolute Gasteiger partial charge is 0.418 e. The summed E-state index contributed by atoms with van der Waals surface area (Å²) >= 11 is 2.58. The van der Waals surface area contributed by atoms with Crippen LogP contribution in [0.5, 0.6) is 5.75 Å². The SMILES string of the molecule is O=C(COc1ccc([C@H]2c3sc(=O)[nH]c3SC3C2[C@H]2C[C@@H]3C3C(=O)N(c4ccccc4C(F)(F)F)C(=O)C32)cc1)Nc1ccc(F)cc1. The number of thiazole rings is 1. The molecule has 8 rings (SSSR count). The van der Waals surface area contributed by atoms with Crippen molar-refractivity contribution >= 4 is 52.2 Å². The van der Waals surface area contributed by atoms with Crippen LogP contribution < -0.4 is 19.8 Å². The second kappa shape index (κ2) is 11.3. The molecule has 1 aromatic heterocycles. The molecule has 246 valence electrons. The topological polar surface area (TPSA) is 109 Å². The monoisotopic (exact) mass is 695 g/mol. The molecule has 4 aromatic rings. The van der Waals surface area contributed by atoms with Crippen molar-refractivity contribution in [2.45, 2.75) is 28.8 Å². The predicted octanol–water partition coefficient (Wildman–Crippen LogP) is 6.29. The number of H-pyrrole nitrogens is 1. The lowest BCUT2D eigenvalue weighted by atomic mass is 9.68. The summed E-state index contributed by atoms with van der Waals surface area (Å²) in [6, 6.07) is 17.1. The van der Waals surface area contributed by atoms with Crippen molar-refractivity contribution in [3.05, 3.63) is 104 Å². The molecule has 3 aromatic carbocycles. The fourth-order valence-electron chi connectivity index (χ4n) is 8.19. The largest absolute Gasteiger partial charge is 0.484 e. The van der Waals surface area contributed by atoms with E-state index < -0.39 is 52.8 Å². The number of para-hydroxylation sites is 1. The van der Waals surface area contributed by atoms with E-state index in [0.717, 1.165) is 32.7 Å². The number of alkyl halides is 3. The van der Waals surface area contributed by atoms with Crippen molar-refractivity contribution in [3.63, 3.8) is 0 Å². The van der Waals surface area contributed by atoms with E-state index in [0.29, 0.717) is 22.9 Å². The minimum atomic E-state index is -4.74. The van der Waals surface area contributed by atoms with Gasteiger partial charge in [0, 0.05) is 21.7 Å². The summed E-state index contributed by atoms with van der Waals surface area (Å²) < 4.78 is 60.6. The number of thioether (sulfide) groups is 1. The Morgan fingerprint density at radius 2 is 1.62 bits per heavy atom. The third kappa shape index (κ3) is 4.95. The highest BCUT2D eigenvalue weighted by molar-refractivity contribution is 8.00. The van der Waals surface area contributed by atoms with E-state index in [1.807, 2.05) is 12.1 Å². The quantitative estimate of drug-likeness (QED) is 0.181. The second-order valence-electron chi connectivity index (χ2n) is 12.4. The standard InChI is InChI=1S/C34H25F4N3O5S2/c35-16-7-9-17(10-8-16)39-23(42)14-46-18-11-5-15(6-12-18)24-25-19-13-20(28(25)47-30-29(24)48-33(45)40-30)27-26(19)31(43)41(32(27)44)22-4-2-1-3-21(22)34(36,37)38/h1-12,19-20,24-28H,13-14H2,(H,39,42)(H,40,45)/t19-,20-,24-,25?,26?,27?,28?/m1/s1. The molecule has 2 aliphatic heterocycles. The van der Waals surface area contributed by atoms with E-state index >= 15 is 0 Å². The van der Waals surface area contributed by atoms with Crippen LogP contribution in [0.15, 0.2) is 82.6 Å². The number of imide groups is 1. The van der Waals surface area contributed by atoms with Crippen LogP contribution in [0, 0.1) is 35.4 Å². The van der Waals surface area contributed by atoms with E-state index in [2.05, 4.69) is 10.3 Å². The summed E-state index contributed by atoms with van der Waals surface area (Å²) in [5.41, 5.74) is -0.190. The number of rotatable bonds is 6. The van der Waals surface area contributed by atoms with Crippen molar-refractivity contribution in [1.29, 1.82) is 0 Å². The zero-order valence-electron chi connectivity index (χ0n) is 24.7. The van der Waals surface area contributed by atoms with Gasteiger partial charge >= 0.3 is 11.0 Å². The number of halogens is 4. The number of aromatic nitrogens is 1. The Hall–Kier alpha value is -4.43. The first kappa shape index (κ1) is 30.9. The summed E-state index contributed by atoms with van der Waals surface area (Å²) in [7, 11) is 0. The second-order valence-corrected chi connectivity index (χ2v) is 14.6. The lowest BCUT2D eigenvalue weighted by molar-refractivity contribution is -0.137. The number of nitrogens with zero attached hydrogens (tertiary/aromatic N) is 1. The zero-order chi connectivity index (χ0) is 33.5. The number of hydrogen-bond donors (Lipinski definition) is 2. The molecular weight excluding hydrogens is 671 g/mol. The van der Waals surface area contributed by atoms with E-state index in [1.54, 1.807) is 12.1 Å². The molecule has 1 saturated heterocycles. The average molecular weight is 696 g/mol. The van der Waals surface area contributed by atoms with Crippen molar-refractivity contribution in [3.8, 4) is 5.75 Å². The van der Waals surface area contributed by atoms with Gasteiger partial charge in [-0.1, -0.05) is 35.6 Å². The fourth-order valence-corrected chi connectivity index (χ4v) is 11.1. The Bertz CT molecular complexity index is 2010. The van der Waals surface area contributed by atoms with Gasteiger partial charge in [0.05, 0.1) is 28.1 Å². The molecular formula is C34H25F4N3O5S2. The maximum Gasteiger partial charge on any atom is 0.418 e. The molecule has 4 aliphatic rings. The molecule has 0 spiro atoms. The number of aromatic amines is 1. The van der Waals surface area contributed by atoms with E-state index in [-0.39, 0.29) is 40.4 Å². The highest BCUT2D eigenvalue weighted by Crippen LogP contribution is 2.68. The van der Waals surface area contributed by atoms with E-state index in [9.17, 15) is 36.7 Å². The van der Waals surface area contributed by atoms with Crippen LogP contribution in [0.2, 0.25) is 0 Å². The molecule has 2 bridgehead atoms. The molecule has 8 nitrogen and oxygen atoms in total. The number of fused-ring (bicyclic) bond motifs is 9. The first-order chi connectivity index (χ1) is 23.0. The van der Waals surface area contributed by atoms with Gasteiger partial charge in [0.1, 0.15) is 11.6 Å². The summed E-state index contributed by atoms with van der Waals surface area (Å²) in [4.78, 5) is 57.0. The molecule has 48 heavy (non-hydrogen) atoms. The van der Waals surface area contributed by atoms with Crippen LogP contribution in [0.3, 0.4) is 0 Å². The molecule has 14 heteroatoms. The Morgan fingerprint density at radius 3 is 2.33 bits per heavy atom. The minimum Gasteiger partial charge on any atom is -0.484 e. The molecule has 4 unspecified atom stereocenters. The van der Waals surface area contributed by atoms with Crippen LogP contribution in [-0.4, -0.2) is 34.6 Å². The van der Waals surface area contributed by atoms with Gasteiger partial charge in [0.25, 0.3) is 5.91 Å². The van der Waals surface area contributed by atoms with Gasteiger partial charge in [-0.25, -0.2) is 9.29 Å². The molecule has 3 heterocycles. The van der Waals surface area contributed by atoms with E-state index in [4.69, 9.17) is 4.74 Å². The fraction of sp³-hybridized carbons (Fsp3) is 0.294. The van der Waals surface area contributed by atoms with Crippen molar-refractivity contribution in [2.24, 2.45) is 29.6 Å². The number of amides is 3. The predicted molar refractivity (Wildman–Crippen MR) is 169 cm³/mol. The van der Waals surface area contributed by atoms with Gasteiger partial charge in [-0.3, -0.25) is 19.2 Å². The number of ether oxygens (including phenoxy) is 1. The third-order valence-corrected chi connectivity index (χ3v) is 12.5. The highest BCUT2D eigenvalue weighted by Gasteiger charge is 2.70. The molecule has 2 saturated carbocycles. The van der Waals surface area contributed by atoms with Crippen LogP contribution in [0.4, 0.5) is 28.9 Å². The number of nitrogens with one attached hydrogen (secondary N) is 2. The average Bonchev–Trinajstić information content (AvgIpc) is 3.80. The van der Waals surface area contributed by atoms with E-state index in [1.165, 1.54) is 54.2 Å². The highest BCUT2D eigenvalue weighted by atomic mass is 32.2. The third-order valence-electron chi connectivity index (χ3n) is 9.91. The Balaban J connectivity index is 1.07. The lowest BCUT2D eigenvalue weighted by Crippen LogP contribution is -2.42. The first-order valence-electron chi connectivity index (χ1n) is 15.2. The van der Waals surface area contributed by atoms with Crippen LogP contribution in [0.25, 0.3) is 0 Å². The minimum absolute atomic E-state index is 0.139. The molecule has 0 radical (unpaired) electrons. The van der Waals surface area contributed by atoms with Gasteiger partial charge in [-0.15, -0.1) is 11.8 Å². The van der Waals surface area contributed by atoms with Gasteiger partial charge in [0.15, 0.2) is 6.61 Å². The van der Waals surface area contributed by atoms with Crippen molar-refractivity contribution < 1.29 is 36.7 Å². The van der Waals surface area contributed by atoms with Crippen LogP contribution >= 0.6 is 23.1 Å². The number of carbonyl (C=O) groups excluding carboxylic acids is 3. The number of benzene rings is 3. The molecule has 3 fully saturated rings. The lowest BCUT2D eigenvalue weighted by Gasteiger charge is -2.43. The normalized spacial score (nSPS) is 27.1. The van der Waals surface area contributed by atoms with Crippen LogP contribution in [-0.2, 0) is 20.6 Å². The molecule has 2 N–H and O–H groups in total. The number of anilines is 2. The maximum absolute atomic E-state index is 13.9. The first-order valence-corrected chi connectivity index (χ1v) is 16.9. The maximum atomic E-state index is 13.9. The summed E-state index contributed by atoms with van der Waals surface area (Å²) in [5.74, 6) is -4.12. The summed E-state index contributed by atoms with van der Waals surface area (Å²) in [5, 5.41) is 3.19. The molecule has 3 amide bonds. The molecule has 2 aliphatic carbocycles. The Morgan fingerprint density at radius 1 is 0.938 bits per heavy atom. The number of carbonyl (C=O) groups is 3. The van der Waals surface area contributed by atoms with Gasteiger partial charge < -0.3 is 15.0 Å². The van der Waals surface area contributed by atoms with Gasteiger partial charge in [0.2, 0.25) is 11.8 Å².